The topological polar surface area (TPSA) is 86.9 Å². The number of carboxylic acids is 1. The van der Waals surface area contributed by atoms with E-state index in [9.17, 15) is 9.59 Å². The molecule has 114 valence electrons. The number of amides is 1. The lowest BCUT2D eigenvalue weighted by molar-refractivity contribution is -0.138. The summed E-state index contributed by atoms with van der Waals surface area (Å²) in [5, 5.41) is 8.84. The molecular formula is C15H21N3O3. The van der Waals surface area contributed by atoms with E-state index in [4.69, 9.17) is 10.8 Å². The third-order valence-corrected chi connectivity index (χ3v) is 3.68. The number of carbonyl (C=O) groups is 2. The monoisotopic (exact) mass is 291 g/mol. The van der Waals surface area contributed by atoms with Crippen LogP contribution in [0.1, 0.15) is 22.3 Å². The molecule has 1 amide bonds. The van der Waals surface area contributed by atoms with E-state index in [1.165, 1.54) is 0 Å². The zero-order chi connectivity index (χ0) is 15.2. The summed E-state index contributed by atoms with van der Waals surface area (Å²) in [5.41, 5.74) is 6.87. The molecule has 1 aliphatic heterocycles. The van der Waals surface area contributed by atoms with Gasteiger partial charge in [-0.1, -0.05) is 12.1 Å². The highest BCUT2D eigenvalue weighted by Crippen LogP contribution is 2.10. The van der Waals surface area contributed by atoms with Crippen LogP contribution >= 0.6 is 0 Å². The predicted octanol–water partition coefficient (Wildman–Crippen LogP) is 0.378. The average Bonchev–Trinajstić information content (AvgIpc) is 2.64. The lowest BCUT2D eigenvalue weighted by Crippen LogP contribution is -2.34. The molecule has 0 radical (unpaired) electrons. The van der Waals surface area contributed by atoms with Gasteiger partial charge in [0, 0.05) is 31.7 Å². The number of primary amides is 1. The first kappa shape index (κ1) is 15.5. The van der Waals surface area contributed by atoms with Gasteiger partial charge in [0.1, 0.15) is 0 Å². The SMILES string of the molecule is NC(=O)c1ccc(CN2CCCN(CC(=O)O)CC2)cc1. The molecular weight excluding hydrogens is 270 g/mol. The van der Waals surface area contributed by atoms with Gasteiger partial charge in [-0.25, -0.2) is 0 Å². The van der Waals surface area contributed by atoms with Gasteiger partial charge >= 0.3 is 5.97 Å². The Kier molecular flexibility index (Phi) is 5.30. The van der Waals surface area contributed by atoms with Crippen molar-refractivity contribution in [2.75, 3.05) is 32.7 Å². The number of carbonyl (C=O) groups excluding carboxylic acids is 1. The molecule has 1 aliphatic rings. The van der Waals surface area contributed by atoms with E-state index in [-0.39, 0.29) is 6.54 Å². The summed E-state index contributed by atoms with van der Waals surface area (Å²) >= 11 is 0. The highest BCUT2D eigenvalue weighted by atomic mass is 16.4. The van der Waals surface area contributed by atoms with Crippen molar-refractivity contribution in [1.82, 2.24) is 9.80 Å². The quantitative estimate of drug-likeness (QED) is 0.819. The lowest BCUT2D eigenvalue weighted by Gasteiger charge is -2.20. The zero-order valence-electron chi connectivity index (χ0n) is 12.0. The smallest absolute Gasteiger partial charge is 0.317 e. The molecule has 1 heterocycles. The van der Waals surface area contributed by atoms with Gasteiger partial charge in [0.2, 0.25) is 5.91 Å². The Balaban J connectivity index is 1.88. The second-order valence-corrected chi connectivity index (χ2v) is 5.36. The highest BCUT2D eigenvalue weighted by Gasteiger charge is 2.16. The summed E-state index contributed by atoms with van der Waals surface area (Å²) in [4.78, 5) is 26.1. The van der Waals surface area contributed by atoms with E-state index in [1.807, 2.05) is 17.0 Å². The van der Waals surface area contributed by atoms with Gasteiger partial charge in [0.05, 0.1) is 6.54 Å². The standard InChI is InChI=1S/C15H21N3O3/c16-15(21)13-4-2-12(3-5-13)10-17-6-1-7-18(9-8-17)11-14(19)20/h2-5H,1,6-11H2,(H2,16,21)(H,19,20). The van der Waals surface area contributed by atoms with Crippen LogP contribution in [0.2, 0.25) is 0 Å². The summed E-state index contributed by atoms with van der Waals surface area (Å²) in [6.07, 6.45) is 0.965. The Morgan fingerprint density at radius 1 is 1.05 bits per heavy atom. The lowest BCUT2D eigenvalue weighted by atomic mass is 10.1. The van der Waals surface area contributed by atoms with Crippen LogP contribution in [0.4, 0.5) is 0 Å². The molecule has 1 aromatic rings. The van der Waals surface area contributed by atoms with Crippen LogP contribution in [0.3, 0.4) is 0 Å². The Labute approximate surface area is 124 Å². The normalized spacial score (nSPS) is 17.3. The second-order valence-electron chi connectivity index (χ2n) is 5.36. The molecule has 0 unspecified atom stereocenters. The summed E-state index contributed by atoms with van der Waals surface area (Å²) in [5.74, 6) is -1.19. The average molecular weight is 291 g/mol. The number of hydrogen-bond donors (Lipinski definition) is 2. The zero-order valence-corrected chi connectivity index (χ0v) is 12.0. The van der Waals surface area contributed by atoms with Crippen molar-refractivity contribution in [2.45, 2.75) is 13.0 Å². The fraction of sp³-hybridized carbons (Fsp3) is 0.467. The van der Waals surface area contributed by atoms with Gasteiger partial charge in [0.15, 0.2) is 0 Å². The molecule has 1 fully saturated rings. The maximum Gasteiger partial charge on any atom is 0.317 e. The molecule has 6 heteroatoms. The van der Waals surface area contributed by atoms with E-state index in [0.29, 0.717) is 5.56 Å². The van der Waals surface area contributed by atoms with Crippen molar-refractivity contribution in [3.8, 4) is 0 Å². The van der Waals surface area contributed by atoms with E-state index >= 15 is 0 Å². The molecule has 21 heavy (non-hydrogen) atoms. The summed E-state index contributed by atoms with van der Waals surface area (Å²) in [7, 11) is 0. The van der Waals surface area contributed by atoms with Gasteiger partial charge < -0.3 is 10.8 Å². The molecule has 0 aliphatic carbocycles. The number of rotatable bonds is 5. The first-order valence-corrected chi connectivity index (χ1v) is 7.10. The van der Waals surface area contributed by atoms with E-state index in [2.05, 4.69) is 4.90 Å². The molecule has 1 saturated heterocycles. The largest absolute Gasteiger partial charge is 0.480 e. The maximum atomic E-state index is 11.0. The fourth-order valence-corrected chi connectivity index (χ4v) is 2.56. The van der Waals surface area contributed by atoms with Gasteiger partial charge in [-0.2, -0.15) is 0 Å². The van der Waals surface area contributed by atoms with Crippen LogP contribution in [0.5, 0.6) is 0 Å². The Morgan fingerprint density at radius 2 is 1.67 bits per heavy atom. The van der Waals surface area contributed by atoms with Crippen LogP contribution in [-0.4, -0.2) is 59.5 Å². The second kappa shape index (κ2) is 7.19. The summed E-state index contributed by atoms with van der Waals surface area (Å²) in [6, 6.07) is 7.32. The number of carboxylic acid groups (broad SMARTS) is 1. The Hall–Kier alpha value is -1.92. The predicted molar refractivity (Wildman–Crippen MR) is 78.9 cm³/mol. The molecule has 0 spiro atoms. The summed E-state index contributed by atoms with van der Waals surface area (Å²) < 4.78 is 0. The van der Waals surface area contributed by atoms with E-state index in [0.717, 1.165) is 44.7 Å². The minimum absolute atomic E-state index is 0.112. The summed E-state index contributed by atoms with van der Waals surface area (Å²) in [6.45, 7) is 4.31. The molecule has 2 rings (SSSR count). The van der Waals surface area contributed by atoms with Gasteiger partial charge in [-0.15, -0.1) is 0 Å². The molecule has 0 bridgehead atoms. The van der Waals surface area contributed by atoms with Crippen LogP contribution in [-0.2, 0) is 11.3 Å². The third-order valence-electron chi connectivity index (χ3n) is 3.68. The van der Waals surface area contributed by atoms with E-state index < -0.39 is 11.9 Å². The third kappa shape index (κ3) is 4.84. The van der Waals surface area contributed by atoms with Crippen molar-refractivity contribution in [1.29, 1.82) is 0 Å². The van der Waals surface area contributed by atoms with Gasteiger partial charge in [0.25, 0.3) is 0 Å². The van der Waals surface area contributed by atoms with Crippen LogP contribution in [0.25, 0.3) is 0 Å². The number of benzene rings is 1. The molecule has 3 N–H and O–H groups in total. The van der Waals surface area contributed by atoms with Crippen LogP contribution < -0.4 is 5.73 Å². The van der Waals surface area contributed by atoms with Gasteiger partial charge in [-0.05, 0) is 30.7 Å². The minimum atomic E-state index is -0.773. The van der Waals surface area contributed by atoms with Crippen molar-refractivity contribution in [3.05, 3.63) is 35.4 Å². The van der Waals surface area contributed by atoms with Crippen molar-refractivity contribution in [2.24, 2.45) is 5.73 Å². The minimum Gasteiger partial charge on any atom is -0.480 e. The Morgan fingerprint density at radius 3 is 2.29 bits per heavy atom. The van der Waals surface area contributed by atoms with Crippen molar-refractivity contribution < 1.29 is 14.7 Å². The van der Waals surface area contributed by atoms with Gasteiger partial charge in [-0.3, -0.25) is 19.4 Å². The molecule has 0 atom stereocenters. The van der Waals surface area contributed by atoms with E-state index in [1.54, 1.807) is 12.1 Å². The first-order valence-electron chi connectivity index (χ1n) is 7.10. The van der Waals surface area contributed by atoms with Crippen molar-refractivity contribution >= 4 is 11.9 Å². The number of hydrogen-bond acceptors (Lipinski definition) is 4. The molecule has 1 aromatic carbocycles. The molecule has 6 nitrogen and oxygen atoms in total. The first-order chi connectivity index (χ1) is 10.0. The fourth-order valence-electron chi connectivity index (χ4n) is 2.56. The molecule has 0 aromatic heterocycles. The van der Waals surface area contributed by atoms with Crippen LogP contribution in [0.15, 0.2) is 24.3 Å². The number of nitrogens with two attached hydrogens (primary N) is 1. The Bertz CT molecular complexity index is 501. The maximum absolute atomic E-state index is 11.0. The number of nitrogens with zero attached hydrogens (tertiary/aromatic N) is 2. The highest BCUT2D eigenvalue weighted by molar-refractivity contribution is 5.92. The van der Waals surface area contributed by atoms with Crippen molar-refractivity contribution in [3.63, 3.8) is 0 Å². The number of aliphatic carboxylic acids is 1. The van der Waals surface area contributed by atoms with Crippen LogP contribution in [0, 0.1) is 0 Å². The molecule has 0 saturated carbocycles.